The number of hydrogen-bond donors (Lipinski definition) is 2. The number of nitrogens with zero attached hydrogens (tertiary/aromatic N) is 1. The van der Waals surface area contributed by atoms with E-state index in [1.807, 2.05) is 60.7 Å². The molecular weight excluding hydrogens is 542 g/mol. The van der Waals surface area contributed by atoms with Crippen molar-refractivity contribution in [3.05, 3.63) is 155 Å². The number of amidine groups is 1. The average Bonchev–Trinajstić information content (AvgIpc) is 3.06. The maximum Gasteiger partial charge on any atom is 0.190 e. The third-order valence-electron chi connectivity index (χ3n) is 8.72. The lowest BCUT2D eigenvalue weighted by Crippen LogP contribution is -2.39. The van der Waals surface area contributed by atoms with Gasteiger partial charge in [-0.15, -0.1) is 0 Å². The SMILES string of the molecule is O=C1C=Cc2ccccc2C1=C1N=C(c2cc3ccc4cccc5ccc(c2)c3c45)NC(=C2C(=O)C=Cc3ccccc32)N1. The predicted octanol–water partition coefficient (Wildman–Crippen LogP) is 7.45. The number of allylic oxidation sites excluding steroid dienone is 4. The lowest BCUT2D eigenvalue weighted by molar-refractivity contribution is -0.110. The van der Waals surface area contributed by atoms with Crippen LogP contribution in [-0.4, -0.2) is 17.4 Å². The molecule has 0 radical (unpaired) electrons. The van der Waals surface area contributed by atoms with Gasteiger partial charge in [-0.25, -0.2) is 4.99 Å². The Balaban J connectivity index is 1.31. The van der Waals surface area contributed by atoms with Gasteiger partial charge in [-0.3, -0.25) is 9.59 Å². The summed E-state index contributed by atoms with van der Waals surface area (Å²) < 4.78 is 0. The van der Waals surface area contributed by atoms with Gasteiger partial charge in [-0.2, -0.15) is 0 Å². The molecule has 0 unspecified atom stereocenters. The van der Waals surface area contributed by atoms with Crippen molar-refractivity contribution in [1.82, 2.24) is 10.6 Å². The summed E-state index contributed by atoms with van der Waals surface area (Å²) in [5, 5.41) is 13.9. The molecule has 3 aliphatic rings. The first-order chi connectivity index (χ1) is 21.6. The summed E-state index contributed by atoms with van der Waals surface area (Å²) in [5.41, 5.74) is 5.30. The first-order valence-electron chi connectivity index (χ1n) is 14.6. The van der Waals surface area contributed by atoms with Gasteiger partial charge in [0, 0.05) is 5.56 Å². The van der Waals surface area contributed by atoms with Crippen molar-refractivity contribution in [2.45, 2.75) is 0 Å². The molecule has 0 atom stereocenters. The topological polar surface area (TPSA) is 70.6 Å². The van der Waals surface area contributed by atoms with E-state index in [0.717, 1.165) is 38.6 Å². The zero-order chi connectivity index (χ0) is 29.4. The summed E-state index contributed by atoms with van der Waals surface area (Å²) in [5.74, 6) is 1.16. The fourth-order valence-corrected chi connectivity index (χ4v) is 6.71. The second kappa shape index (κ2) is 9.21. The highest BCUT2D eigenvalue weighted by molar-refractivity contribution is 6.33. The molecule has 2 N–H and O–H groups in total. The van der Waals surface area contributed by atoms with Crippen molar-refractivity contribution in [2.24, 2.45) is 4.99 Å². The molecule has 5 nitrogen and oxygen atoms in total. The van der Waals surface area contributed by atoms with E-state index in [0.29, 0.717) is 28.6 Å². The van der Waals surface area contributed by atoms with Gasteiger partial charge in [0.15, 0.2) is 11.6 Å². The van der Waals surface area contributed by atoms with Crippen LogP contribution in [0, 0.1) is 0 Å². The number of carbonyl (C=O) groups excluding carboxylic acids is 2. The van der Waals surface area contributed by atoms with Crippen molar-refractivity contribution >= 4 is 73.0 Å². The Hall–Kier alpha value is -6.07. The molecule has 0 saturated carbocycles. The van der Waals surface area contributed by atoms with E-state index in [1.165, 1.54) is 21.5 Å². The highest BCUT2D eigenvalue weighted by Gasteiger charge is 2.29. The van der Waals surface area contributed by atoms with Crippen LogP contribution in [0.5, 0.6) is 0 Å². The van der Waals surface area contributed by atoms with Crippen molar-refractivity contribution in [2.75, 3.05) is 0 Å². The molecule has 44 heavy (non-hydrogen) atoms. The van der Waals surface area contributed by atoms with E-state index in [-0.39, 0.29) is 11.6 Å². The summed E-state index contributed by atoms with van der Waals surface area (Å²) in [6.45, 7) is 0. The molecule has 0 saturated heterocycles. The van der Waals surface area contributed by atoms with Crippen molar-refractivity contribution < 1.29 is 9.59 Å². The molecule has 0 spiro atoms. The number of hydrogen-bond acceptors (Lipinski definition) is 5. The van der Waals surface area contributed by atoms with Gasteiger partial charge in [0.1, 0.15) is 17.5 Å². The van der Waals surface area contributed by atoms with Gasteiger partial charge < -0.3 is 10.6 Å². The second-order valence-electron chi connectivity index (χ2n) is 11.3. The normalized spacial score (nSPS) is 19.2. The van der Waals surface area contributed by atoms with Gasteiger partial charge in [0.05, 0.1) is 11.1 Å². The Morgan fingerprint density at radius 2 is 1.05 bits per heavy atom. The minimum absolute atomic E-state index is 0.130. The van der Waals surface area contributed by atoms with E-state index in [9.17, 15) is 9.59 Å². The zero-order valence-corrected chi connectivity index (χ0v) is 23.4. The molecule has 2 aliphatic carbocycles. The number of carbonyl (C=O) groups is 2. The molecule has 0 amide bonds. The highest BCUT2D eigenvalue weighted by atomic mass is 16.1. The van der Waals surface area contributed by atoms with Crippen LogP contribution < -0.4 is 10.6 Å². The third-order valence-corrected chi connectivity index (χ3v) is 8.72. The molecule has 206 valence electrons. The molecule has 6 aromatic carbocycles. The fourth-order valence-electron chi connectivity index (χ4n) is 6.71. The number of aliphatic imine (C=N–C) groups is 1. The minimum Gasteiger partial charge on any atom is -0.325 e. The van der Waals surface area contributed by atoms with Crippen molar-refractivity contribution in [1.29, 1.82) is 0 Å². The maximum atomic E-state index is 13.5. The van der Waals surface area contributed by atoms with Crippen LogP contribution in [0.2, 0.25) is 0 Å². The van der Waals surface area contributed by atoms with E-state index < -0.39 is 0 Å². The highest BCUT2D eigenvalue weighted by Crippen LogP contribution is 2.37. The number of ketones is 2. The lowest BCUT2D eigenvalue weighted by Gasteiger charge is -2.28. The Labute approximate surface area is 252 Å². The smallest absolute Gasteiger partial charge is 0.190 e. The van der Waals surface area contributed by atoms with Gasteiger partial charge in [0.2, 0.25) is 0 Å². The van der Waals surface area contributed by atoms with Crippen LogP contribution in [-0.2, 0) is 9.59 Å². The standard InChI is InChI=1S/C39H23N3O2/c43-31-18-16-22-6-1-3-10-29(22)35(31)38-40-37(41-39(42-38)36-30-11-4-2-7-23(30)17-19-32(36)44)28-20-26-14-12-24-8-5-9-25-13-15-27(21-28)34(26)33(24)25/h1-21,42H,(H,40,41). The minimum atomic E-state index is -0.147. The molecule has 1 aliphatic heterocycles. The molecule has 5 heteroatoms. The first-order valence-corrected chi connectivity index (χ1v) is 14.6. The summed E-state index contributed by atoms with van der Waals surface area (Å²) in [4.78, 5) is 32.0. The number of fused-ring (bicyclic) bond motifs is 2. The van der Waals surface area contributed by atoms with E-state index >= 15 is 0 Å². The fraction of sp³-hybridized carbons (Fsp3) is 0. The Morgan fingerprint density at radius 3 is 1.70 bits per heavy atom. The van der Waals surface area contributed by atoms with Gasteiger partial charge in [-0.1, -0.05) is 103 Å². The molecule has 6 aromatic rings. The van der Waals surface area contributed by atoms with Crippen LogP contribution >= 0.6 is 0 Å². The predicted molar refractivity (Wildman–Crippen MR) is 178 cm³/mol. The van der Waals surface area contributed by atoms with E-state index in [2.05, 4.69) is 65.2 Å². The lowest BCUT2D eigenvalue weighted by atomic mass is 9.89. The average molecular weight is 566 g/mol. The van der Waals surface area contributed by atoms with Gasteiger partial charge in [-0.05, 0) is 78.9 Å². The van der Waals surface area contributed by atoms with Crippen molar-refractivity contribution in [3.63, 3.8) is 0 Å². The summed E-state index contributed by atoms with van der Waals surface area (Å²) in [7, 11) is 0. The van der Waals surface area contributed by atoms with Crippen LogP contribution in [0.15, 0.2) is 132 Å². The molecule has 1 heterocycles. The Kier molecular flexibility index (Phi) is 5.14. The molecule has 9 rings (SSSR count). The number of nitrogens with one attached hydrogen (secondary N) is 2. The summed E-state index contributed by atoms with van der Waals surface area (Å²) in [6, 6.07) is 34.8. The summed E-state index contributed by atoms with van der Waals surface area (Å²) in [6.07, 6.45) is 6.83. The van der Waals surface area contributed by atoms with Crippen LogP contribution in [0.25, 0.3) is 55.6 Å². The maximum absolute atomic E-state index is 13.5. The first kappa shape index (κ1) is 24.5. The van der Waals surface area contributed by atoms with Crippen LogP contribution in [0.4, 0.5) is 0 Å². The molecule has 0 fully saturated rings. The molecule has 0 aromatic heterocycles. The number of rotatable bonds is 1. The van der Waals surface area contributed by atoms with E-state index in [4.69, 9.17) is 4.99 Å². The van der Waals surface area contributed by atoms with Crippen molar-refractivity contribution in [3.8, 4) is 0 Å². The zero-order valence-electron chi connectivity index (χ0n) is 23.4. The Morgan fingerprint density at radius 1 is 0.500 bits per heavy atom. The monoisotopic (exact) mass is 565 g/mol. The summed E-state index contributed by atoms with van der Waals surface area (Å²) >= 11 is 0. The van der Waals surface area contributed by atoms with Gasteiger partial charge >= 0.3 is 0 Å². The second-order valence-corrected chi connectivity index (χ2v) is 11.3. The molecular formula is C39H23N3O2. The number of benzene rings is 6. The quantitative estimate of drug-likeness (QED) is 0.160. The van der Waals surface area contributed by atoms with Crippen LogP contribution in [0.3, 0.4) is 0 Å². The largest absolute Gasteiger partial charge is 0.325 e. The third kappa shape index (κ3) is 3.63. The molecule has 0 bridgehead atoms. The Bertz CT molecular complexity index is 2360. The van der Waals surface area contributed by atoms with Gasteiger partial charge in [0.25, 0.3) is 0 Å². The van der Waals surface area contributed by atoms with E-state index in [1.54, 1.807) is 12.2 Å². The van der Waals surface area contributed by atoms with Crippen LogP contribution in [0.1, 0.15) is 27.8 Å².